The molecule has 0 saturated carbocycles. The lowest BCUT2D eigenvalue weighted by Crippen LogP contribution is -2.14. The summed E-state index contributed by atoms with van der Waals surface area (Å²) in [6, 6.07) is 5.69. The molecule has 0 aromatic heterocycles. The van der Waals surface area contributed by atoms with Gasteiger partial charge >= 0.3 is 6.48 Å². The lowest BCUT2D eigenvalue weighted by atomic mass is 10.2. The summed E-state index contributed by atoms with van der Waals surface area (Å²) in [5.41, 5.74) is 5.32. The number of rotatable bonds is 3. The van der Waals surface area contributed by atoms with Crippen molar-refractivity contribution < 1.29 is 19.7 Å². The number of hydrogen-bond acceptors (Lipinski definition) is 4. The van der Waals surface area contributed by atoms with Crippen LogP contribution >= 0.6 is 0 Å². The van der Waals surface area contributed by atoms with Gasteiger partial charge in [-0.2, -0.15) is 0 Å². The Kier molecular flexibility index (Phi) is 2.84. The molecule has 1 rings (SSSR count). The summed E-state index contributed by atoms with van der Waals surface area (Å²) in [7, 11) is 0. The summed E-state index contributed by atoms with van der Waals surface area (Å²) in [5.74, 6) is -0.295. The largest absolute Gasteiger partial charge is 0.442 e. The third-order valence-electron chi connectivity index (χ3n) is 1.38. The van der Waals surface area contributed by atoms with Gasteiger partial charge in [-0.05, 0) is 24.3 Å². The van der Waals surface area contributed by atoms with Crippen LogP contribution in [0.1, 0.15) is 10.4 Å². The number of aliphatic hydroxyl groups is 2. The average Bonchev–Trinajstić information content (AvgIpc) is 2.04. The average molecular weight is 183 g/mol. The summed E-state index contributed by atoms with van der Waals surface area (Å²) in [6.07, 6.45) is 0. The molecule has 70 valence electrons. The summed E-state index contributed by atoms with van der Waals surface area (Å²) in [5, 5.41) is 16.9. The van der Waals surface area contributed by atoms with Gasteiger partial charge in [0.1, 0.15) is 5.75 Å². The second-order valence-electron chi connectivity index (χ2n) is 2.33. The molecule has 13 heavy (non-hydrogen) atoms. The van der Waals surface area contributed by atoms with Crippen LogP contribution in [0.3, 0.4) is 0 Å². The van der Waals surface area contributed by atoms with Crippen molar-refractivity contribution in [3.05, 3.63) is 29.8 Å². The molecule has 1 aromatic carbocycles. The van der Waals surface area contributed by atoms with E-state index in [-0.39, 0.29) is 5.75 Å². The van der Waals surface area contributed by atoms with Gasteiger partial charge in [0.25, 0.3) is 0 Å². The Morgan fingerprint density at radius 2 is 1.85 bits per heavy atom. The first-order valence-corrected chi connectivity index (χ1v) is 3.52. The number of carbonyl (C=O) groups is 1. The summed E-state index contributed by atoms with van der Waals surface area (Å²) >= 11 is 0. The fourth-order valence-corrected chi connectivity index (χ4v) is 0.819. The highest BCUT2D eigenvalue weighted by atomic mass is 16.7. The number of amides is 1. The van der Waals surface area contributed by atoms with Crippen molar-refractivity contribution in [3.63, 3.8) is 0 Å². The van der Waals surface area contributed by atoms with Gasteiger partial charge in [-0.1, -0.05) is 0 Å². The number of primary amides is 1. The van der Waals surface area contributed by atoms with Gasteiger partial charge in [0, 0.05) is 5.56 Å². The van der Waals surface area contributed by atoms with E-state index in [0.717, 1.165) is 0 Å². The standard InChI is InChI=1S/C8H9NO4/c9-7(10)5-1-3-6(4-2-5)13-8(11)12/h1-4,8,11-12H,(H2,9,10). The Labute approximate surface area is 74.4 Å². The van der Waals surface area contributed by atoms with Gasteiger partial charge in [0.05, 0.1) is 0 Å². The summed E-state index contributed by atoms with van der Waals surface area (Å²) in [6.45, 7) is -1.86. The molecule has 0 radical (unpaired) electrons. The van der Waals surface area contributed by atoms with Gasteiger partial charge < -0.3 is 20.7 Å². The highest BCUT2D eigenvalue weighted by Crippen LogP contribution is 2.12. The highest BCUT2D eigenvalue weighted by molar-refractivity contribution is 5.92. The van der Waals surface area contributed by atoms with Crippen LogP contribution < -0.4 is 10.5 Å². The molecule has 5 heteroatoms. The predicted molar refractivity (Wildman–Crippen MR) is 43.8 cm³/mol. The Morgan fingerprint density at radius 3 is 2.23 bits per heavy atom. The fourth-order valence-electron chi connectivity index (χ4n) is 0.819. The second-order valence-corrected chi connectivity index (χ2v) is 2.33. The number of ether oxygens (including phenoxy) is 1. The molecule has 0 atom stereocenters. The zero-order valence-electron chi connectivity index (χ0n) is 6.68. The molecule has 5 nitrogen and oxygen atoms in total. The number of aliphatic hydroxyl groups excluding tert-OH is 1. The van der Waals surface area contributed by atoms with Crippen molar-refractivity contribution in [2.75, 3.05) is 0 Å². The van der Waals surface area contributed by atoms with E-state index in [1.807, 2.05) is 0 Å². The minimum absolute atomic E-state index is 0.250. The molecule has 4 N–H and O–H groups in total. The molecule has 0 aliphatic rings. The van der Waals surface area contributed by atoms with Gasteiger partial charge in [-0.15, -0.1) is 0 Å². The topological polar surface area (TPSA) is 92.8 Å². The molecule has 1 aromatic rings. The number of benzene rings is 1. The summed E-state index contributed by atoms with van der Waals surface area (Å²) < 4.78 is 4.51. The fraction of sp³-hybridized carbons (Fsp3) is 0.125. The smallest absolute Gasteiger partial charge is 0.310 e. The molecular weight excluding hydrogens is 174 g/mol. The predicted octanol–water partition coefficient (Wildman–Crippen LogP) is -0.568. The van der Waals surface area contributed by atoms with Crippen LogP contribution in [0, 0.1) is 0 Å². The van der Waals surface area contributed by atoms with Crippen LogP contribution in [-0.4, -0.2) is 22.6 Å². The van der Waals surface area contributed by atoms with Crippen molar-refractivity contribution in [2.24, 2.45) is 5.73 Å². The van der Waals surface area contributed by atoms with Crippen molar-refractivity contribution >= 4 is 5.91 Å². The van der Waals surface area contributed by atoms with Gasteiger partial charge in [-0.3, -0.25) is 4.79 Å². The van der Waals surface area contributed by atoms with Crippen LogP contribution in [0.15, 0.2) is 24.3 Å². The van der Waals surface area contributed by atoms with E-state index in [4.69, 9.17) is 15.9 Å². The monoisotopic (exact) mass is 183 g/mol. The maximum atomic E-state index is 10.6. The third kappa shape index (κ3) is 2.73. The molecule has 0 heterocycles. The van der Waals surface area contributed by atoms with Gasteiger partial charge in [-0.25, -0.2) is 0 Å². The van der Waals surface area contributed by atoms with Crippen molar-refractivity contribution in [1.82, 2.24) is 0 Å². The summed E-state index contributed by atoms with van der Waals surface area (Å²) in [4.78, 5) is 10.6. The first-order valence-electron chi connectivity index (χ1n) is 3.52. The van der Waals surface area contributed by atoms with E-state index in [1.54, 1.807) is 0 Å². The van der Waals surface area contributed by atoms with Crippen LogP contribution in [0.4, 0.5) is 0 Å². The Morgan fingerprint density at radius 1 is 1.31 bits per heavy atom. The van der Waals surface area contributed by atoms with Gasteiger partial charge in [0.2, 0.25) is 5.91 Å². The molecule has 0 aliphatic carbocycles. The third-order valence-corrected chi connectivity index (χ3v) is 1.38. The Bertz CT molecular complexity index is 294. The highest BCUT2D eigenvalue weighted by Gasteiger charge is 2.02. The minimum atomic E-state index is -1.86. The van der Waals surface area contributed by atoms with Crippen molar-refractivity contribution in [1.29, 1.82) is 0 Å². The van der Waals surface area contributed by atoms with E-state index in [0.29, 0.717) is 5.56 Å². The normalized spacial score (nSPS) is 10.1. The Balaban J connectivity index is 2.75. The van der Waals surface area contributed by atoms with E-state index in [9.17, 15) is 4.79 Å². The molecular formula is C8H9NO4. The van der Waals surface area contributed by atoms with Crippen molar-refractivity contribution in [3.8, 4) is 5.75 Å². The quantitative estimate of drug-likeness (QED) is 0.547. The zero-order valence-corrected chi connectivity index (χ0v) is 6.68. The maximum Gasteiger partial charge on any atom is 0.310 e. The molecule has 0 aliphatic heterocycles. The lowest BCUT2D eigenvalue weighted by Gasteiger charge is -2.06. The Hall–Kier alpha value is -1.59. The van der Waals surface area contributed by atoms with E-state index >= 15 is 0 Å². The van der Waals surface area contributed by atoms with Crippen LogP contribution in [0.25, 0.3) is 0 Å². The molecule has 0 bridgehead atoms. The van der Waals surface area contributed by atoms with Crippen LogP contribution in [-0.2, 0) is 0 Å². The van der Waals surface area contributed by atoms with Crippen LogP contribution in [0.2, 0.25) is 0 Å². The second kappa shape index (κ2) is 3.88. The number of carbonyl (C=O) groups excluding carboxylic acids is 1. The number of nitrogens with two attached hydrogens (primary N) is 1. The van der Waals surface area contributed by atoms with Crippen LogP contribution in [0.5, 0.6) is 5.75 Å². The first kappa shape index (κ1) is 9.50. The SMILES string of the molecule is NC(=O)c1ccc(OC(O)O)cc1. The molecule has 1 amide bonds. The van der Waals surface area contributed by atoms with Crippen molar-refractivity contribution in [2.45, 2.75) is 6.48 Å². The van der Waals surface area contributed by atoms with Gasteiger partial charge in [0.15, 0.2) is 0 Å². The maximum absolute atomic E-state index is 10.6. The molecule has 0 spiro atoms. The molecule has 0 saturated heterocycles. The molecule has 0 unspecified atom stereocenters. The van der Waals surface area contributed by atoms with E-state index in [2.05, 4.69) is 4.74 Å². The first-order chi connectivity index (χ1) is 6.09. The lowest BCUT2D eigenvalue weighted by molar-refractivity contribution is -0.179. The molecule has 0 fully saturated rings. The minimum Gasteiger partial charge on any atom is -0.442 e. The van der Waals surface area contributed by atoms with E-state index in [1.165, 1.54) is 24.3 Å². The zero-order chi connectivity index (χ0) is 9.84. The number of hydrogen-bond donors (Lipinski definition) is 3. The van der Waals surface area contributed by atoms with E-state index < -0.39 is 12.4 Å².